The SMILES string of the molecule is C1CCC2(CC1)CC(C1CCC3CCCC3N1)CCO2. The van der Waals surface area contributed by atoms with Gasteiger partial charge in [-0.15, -0.1) is 0 Å². The summed E-state index contributed by atoms with van der Waals surface area (Å²) >= 11 is 0. The molecule has 4 fully saturated rings. The molecule has 114 valence electrons. The van der Waals surface area contributed by atoms with Crippen molar-refractivity contribution in [2.75, 3.05) is 6.61 Å². The summed E-state index contributed by atoms with van der Waals surface area (Å²) in [6.45, 7) is 1.02. The minimum absolute atomic E-state index is 0.287. The van der Waals surface area contributed by atoms with Crippen molar-refractivity contribution in [3.8, 4) is 0 Å². The predicted molar refractivity (Wildman–Crippen MR) is 81.8 cm³/mol. The fraction of sp³-hybridized carbons (Fsp3) is 1.00. The van der Waals surface area contributed by atoms with Crippen LogP contribution in [0, 0.1) is 11.8 Å². The van der Waals surface area contributed by atoms with Crippen LogP contribution in [0.4, 0.5) is 0 Å². The predicted octanol–water partition coefficient (Wildman–Crippen LogP) is 4.04. The second-order valence-corrected chi connectivity index (χ2v) is 7.99. The molecule has 0 amide bonds. The van der Waals surface area contributed by atoms with Crippen LogP contribution in [-0.4, -0.2) is 24.3 Å². The molecule has 0 bridgehead atoms. The van der Waals surface area contributed by atoms with Crippen molar-refractivity contribution in [1.82, 2.24) is 5.32 Å². The molecule has 4 rings (SSSR count). The first-order chi connectivity index (χ1) is 9.85. The van der Waals surface area contributed by atoms with Crippen molar-refractivity contribution in [3.63, 3.8) is 0 Å². The molecule has 0 aromatic heterocycles. The van der Waals surface area contributed by atoms with E-state index in [0.29, 0.717) is 0 Å². The zero-order chi connectivity index (χ0) is 13.4. The lowest BCUT2D eigenvalue weighted by molar-refractivity contribution is -0.123. The van der Waals surface area contributed by atoms with E-state index < -0.39 is 0 Å². The Morgan fingerprint density at radius 2 is 1.60 bits per heavy atom. The molecule has 4 unspecified atom stereocenters. The highest BCUT2D eigenvalue weighted by molar-refractivity contribution is 4.97. The van der Waals surface area contributed by atoms with E-state index in [9.17, 15) is 0 Å². The number of rotatable bonds is 1. The van der Waals surface area contributed by atoms with Crippen LogP contribution in [0.5, 0.6) is 0 Å². The van der Waals surface area contributed by atoms with Crippen LogP contribution >= 0.6 is 0 Å². The summed E-state index contributed by atoms with van der Waals surface area (Å²) in [6, 6.07) is 1.66. The van der Waals surface area contributed by atoms with E-state index in [1.807, 2.05) is 0 Å². The van der Waals surface area contributed by atoms with Gasteiger partial charge >= 0.3 is 0 Å². The molecular formula is C18H31NO. The van der Waals surface area contributed by atoms with Crippen LogP contribution in [0.2, 0.25) is 0 Å². The molecule has 4 aliphatic rings. The third-order valence-corrected chi connectivity index (χ3v) is 6.80. The van der Waals surface area contributed by atoms with Gasteiger partial charge in [0.2, 0.25) is 0 Å². The molecule has 2 heterocycles. The van der Waals surface area contributed by atoms with Crippen LogP contribution in [0.1, 0.15) is 77.0 Å². The second kappa shape index (κ2) is 5.61. The third-order valence-electron chi connectivity index (χ3n) is 6.80. The maximum absolute atomic E-state index is 6.29. The van der Waals surface area contributed by atoms with E-state index in [4.69, 9.17) is 4.74 Å². The van der Waals surface area contributed by atoms with Crippen LogP contribution < -0.4 is 5.32 Å². The molecule has 0 radical (unpaired) electrons. The van der Waals surface area contributed by atoms with E-state index in [1.54, 1.807) is 0 Å². The Morgan fingerprint density at radius 3 is 2.50 bits per heavy atom. The molecule has 2 heteroatoms. The molecule has 2 aliphatic carbocycles. The number of piperidine rings is 1. The maximum Gasteiger partial charge on any atom is 0.0685 e. The highest BCUT2D eigenvalue weighted by Crippen LogP contribution is 2.44. The van der Waals surface area contributed by atoms with Crippen molar-refractivity contribution < 1.29 is 4.74 Å². The molecule has 2 saturated heterocycles. The van der Waals surface area contributed by atoms with Gasteiger partial charge in [-0.25, -0.2) is 0 Å². The van der Waals surface area contributed by atoms with Gasteiger partial charge in [-0.1, -0.05) is 25.7 Å². The zero-order valence-corrected chi connectivity index (χ0v) is 12.9. The lowest BCUT2D eigenvalue weighted by Gasteiger charge is -2.47. The molecule has 20 heavy (non-hydrogen) atoms. The van der Waals surface area contributed by atoms with E-state index >= 15 is 0 Å². The molecule has 0 aromatic rings. The van der Waals surface area contributed by atoms with Crippen LogP contribution in [0.3, 0.4) is 0 Å². The van der Waals surface area contributed by atoms with Gasteiger partial charge < -0.3 is 10.1 Å². The van der Waals surface area contributed by atoms with E-state index in [0.717, 1.165) is 30.5 Å². The summed E-state index contributed by atoms with van der Waals surface area (Å²) in [5, 5.41) is 4.05. The summed E-state index contributed by atoms with van der Waals surface area (Å²) < 4.78 is 6.29. The molecule has 1 N–H and O–H groups in total. The molecular weight excluding hydrogens is 246 g/mol. The Hall–Kier alpha value is -0.0800. The summed E-state index contributed by atoms with van der Waals surface area (Å²) in [4.78, 5) is 0. The Bertz CT molecular complexity index is 331. The molecule has 2 saturated carbocycles. The first-order valence-electron chi connectivity index (χ1n) is 9.25. The average Bonchev–Trinajstić information content (AvgIpc) is 2.95. The topological polar surface area (TPSA) is 21.3 Å². The van der Waals surface area contributed by atoms with Gasteiger partial charge in [-0.2, -0.15) is 0 Å². The zero-order valence-electron chi connectivity index (χ0n) is 12.9. The lowest BCUT2D eigenvalue weighted by atomic mass is 9.72. The van der Waals surface area contributed by atoms with E-state index in [-0.39, 0.29) is 5.60 Å². The van der Waals surface area contributed by atoms with Crippen LogP contribution in [0.15, 0.2) is 0 Å². The van der Waals surface area contributed by atoms with Crippen molar-refractivity contribution in [2.45, 2.75) is 94.7 Å². The summed E-state index contributed by atoms with van der Waals surface area (Å²) in [5.74, 6) is 1.90. The molecule has 4 atom stereocenters. The molecule has 2 nitrogen and oxygen atoms in total. The smallest absolute Gasteiger partial charge is 0.0685 e. The van der Waals surface area contributed by atoms with Gasteiger partial charge in [0.1, 0.15) is 0 Å². The Balaban J connectivity index is 1.40. The van der Waals surface area contributed by atoms with E-state index in [1.165, 1.54) is 77.0 Å². The molecule has 1 spiro atoms. The van der Waals surface area contributed by atoms with E-state index in [2.05, 4.69) is 5.32 Å². The largest absolute Gasteiger partial charge is 0.375 e. The average molecular weight is 277 g/mol. The van der Waals surface area contributed by atoms with Crippen LogP contribution in [-0.2, 0) is 4.74 Å². The maximum atomic E-state index is 6.29. The fourth-order valence-electron chi connectivity index (χ4n) is 5.68. The first-order valence-corrected chi connectivity index (χ1v) is 9.25. The number of hydrogen-bond donors (Lipinski definition) is 1. The highest BCUT2D eigenvalue weighted by Gasteiger charge is 2.43. The summed E-state index contributed by atoms with van der Waals surface area (Å²) in [7, 11) is 0. The second-order valence-electron chi connectivity index (χ2n) is 7.99. The quantitative estimate of drug-likeness (QED) is 0.781. The molecule has 2 aliphatic heterocycles. The Kier molecular flexibility index (Phi) is 3.80. The highest BCUT2D eigenvalue weighted by atomic mass is 16.5. The normalized spacial score (nSPS) is 44.4. The number of fused-ring (bicyclic) bond motifs is 1. The monoisotopic (exact) mass is 277 g/mol. The van der Waals surface area contributed by atoms with Gasteiger partial charge in [0.05, 0.1) is 5.60 Å². The van der Waals surface area contributed by atoms with Crippen LogP contribution in [0.25, 0.3) is 0 Å². The van der Waals surface area contributed by atoms with Gasteiger partial charge in [0, 0.05) is 18.7 Å². The minimum atomic E-state index is 0.287. The van der Waals surface area contributed by atoms with Crippen molar-refractivity contribution in [2.24, 2.45) is 11.8 Å². The van der Waals surface area contributed by atoms with Crippen molar-refractivity contribution in [1.29, 1.82) is 0 Å². The first kappa shape index (κ1) is 13.6. The van der Waals surface area contributed by atoms with Crippen molar-refractivity contribution in [3.05, 3.63) is 0 Å². The summed E-state index contributed by atoms with van der Waals surface area (Å²) in [5.41, 5.74) is 0.287. The third kappa shape index (κ3) is 2.54. The van der Waals surface area contributed by atoms with Gasteiger partial charge in [0.15, 0.2) is 0 Å². The minimum Gasteiger partial charge on any atom is -0.375 e. The van der Waals surface area contributed by atoms with Gasteiger partial charge in [-0.05, 0) is 63.2 Å². The Morgan fingerprint density at radius 1 is 0.750 bits per heavy atom. The Labute approximate surface area is 124 Å². The standard InChI is InChI=1S/C18H31NO/c1-2-10-18(11-3-1)13-15(9-12-20-18)17-8-7-14-5-4-6-16(14)19-17/h14-17,19H,1-13H2. The van der Waals surface area contributed by atoms with Crippen molar-refractivity contribution >= 4 is 0 Å². The van der Waals surface area contributed by atoms with Gasteiger partial charge in [-0.3, -0.25) is 0 Å². The number of nitrogens with one attached hydrogen (secondary N) is 1. The number of ether oxygens (including phenoxy) is 1. The summed E-state index contributed by atoms with van der Waals surface area (Å²) in [6.07, 6.45) is 16.9. The number of hydrogen-bond acceptors (Lipinski definition) is 2. The van der Waals surface area contributed by atoms with Gasteiger partial charge in [0.25, 0.3) is 0 Å². The molecule has 0 aromatic carbocycles. The fourth-order valence-corrected chi connectivity index (χ4v) is 5.68. The lowest BCUT2D eigenvalue weighted by Crippen LogP contribution is -2.53.